The maximum Gasteiger partial charge on any atom is 0.181 e. The molecule has 4 heteroatoms. The highest BCUT2D eigenvalue weighted by Crippen LogP contribution is 2.15. The lowest BCUT2D eigenvalue weighted by Crippen LogP contribution is -2.10. The Hall–Kier alpha value is -2.10. The van der Waals surface area contributed by atoms with Gasteiger partial charge in [0.15, 0.2) is 5.78 Å². The van der Waals surface area contributed by atoms with E-state index in [9.17, 15) is 4.79 Å². The molecular weight excluding hydrogens is 264 g/mol. The molecule has 1 aromatic carbocycles. The fraction of sp³-hybridized carbons (Fsp3) is 0.412. The summed E-state index contributed by atoms with van der Waals surface area (Å²) in [6.45, 7) is 4.78. The van der Waals surface area contributed by atoms with E-state index in [1.165, 1.54) is 0 Å². The fourth-order valence-electron chi connectivity index (χ4n) is 2.29. The normalized spacial score (nSPS) is 10.6. The minimum atomic E-state index is 0.153. The van der Waals surface area contributed by atoms with Crippen LogP contribution in [0.4, 0.5) is 0 Å². The van der Waals surface area contributed by atoms with Crippen LogP contribution >= 0.6 is 0 Å². The molecule has 21 heavy (non-hydrogen) atoms. The standard InChI is InChI=1S/C17H22N2O2/c1-4-14-12-16(19(5-2)18-14)17(20)11-8-13-6-9-15(21-3)10-7-13/h6-7,9-10,12H,4-5,8,11H2,1-3H3. The van der Waals surface area contributed by atoms with Crippen LogP contribution in [0.3, 0.4) is 0 Å². The average molecular weight is 286 g/mol. The predicted molar refractivity (Wildman–Crippen MR) is 82.9 cm³/mol. The van der Waals surface area contributed by atoms with E-state index in [-0.39, 0.29) is 5.78 Å². The first kappa shape index (κ1) is 15.3. The monoisotopic (exact) mass is 286 g/mol. The van der Waals surface area contributed by atoms with Crippen molar-refractivity contribution in [1.29, 1.82) is 0 Å². The fourth-order valence-corrected chi connectivity index (χ4v) is 2.29. The Labute approximate surface area is 125 Å². The highest BCUT2D eigenvalue weighted by Gasteiger charge is 2.13. The first-order valence-corrected chi connectivity index (χ1v) is 7.40. The van der Waals surface area contributed by atoms with Crippen LogP contribution in [-0.2, 0) is 19.4 Å². The molecule has 0 amide bonds. The minimum Gasteiger partial charge on any atom is -0.497 e. The van der Waals surface area contributed by atoms with Gasteiger partial charge in [0.2, 0.25) is 0 Å². The molecule has 0 atom stereocenters. The molecule has 1 aromatic heterocycles. The molecule has 0 aliphatic heterocycles. The van der Waals surface area contributed by atoms with Crippen molar-refractivity contribution in [2.24, 2.45) is 0 Å². The molecule has 0 unspecified atom stereocenters. The number of carbonyl (C=O) groups excluding carboxylic acids is 1. The number of aromatic nitrogens is 2. The third-order valence-electron chi connectivity index (χ3n) is 3.58. The largest absolute Gasteiger partial charge is 0.497 e. The summed E-state index contributed by atoms with van der Waals surface area (Å²) in [5.41, 5.74) is 2.84. The molecule has 2 aromatic rings. The van der Waals surface area contributed by atoms with Gasteiger partial charge in [-0.15, -0.1) is 0 Å². The minimum absolute atomic E-state index is 0.153. The van der Waals surface area contributed by atoms with Gasteiger partial charge in [0.25, 0.3) is 0 Å². The number of carbonyl (C=O) groups is 1. The highest BCUT2D eigenvalue weighted by atomic mass is 16.5. The predicted octanol–water partition coefficient (Wildman–Crippen LogP) is 3.29. The van der Waals surface area contributed by atoms with Gasteiger partial charge in [-0.25, -0.2) is 0 Å². The second-order valence-corrected chi connectivity index (χ2v) is 4.96. The molecule has 0 saturated heterocycles. The smallest absolute Gasteiger partial charge is 0.181 e. The van der Waals surface area contributed by atoms with E-state index in [0.29, 0.717) is 6.42 Å². The van der Waals surface area contributed by atoms with Crippen LogP contribution in [0.1, 0.15) is 42.0 Å². The molecule has 0 fully saturated rings. The van der Waals surface area contributed by atoms with E-state index in [2.05, 4.69) is 5.10 Å². The quantitative estimate of drug-likeness (QED) is 0.734. The van der Waals surface area contributed by atoms with Crippen molar-refractivity contribution in [3.8, 4) is 5.75 Å². The zero-order valence-corrected chi connectivity index (χ0v) is 12.9. The van der Waals surface area contributed by atoms with Gasteiger partial charge in [-0.1, -0.05) is 19.1 Å². The number of ketones is 1. The maximum atomic E-state index is 12.4. The van der Waals surface area contributed by atoms with Gasteiger partial charge in [-0.2, -0.15) is 5.10 Å². The van der Waals surface area contributed by atoms with E-state index >= 15 is 0 Å². The van der Waals surface area contributed by atoms with Gasteiger partial charge in [0, 0.05) is 13.0 Å². The van der Waals surface area contributed by atoms with Crippen LogP contribution in [0.25, 0.3) is 0 Å². The third-order valence-corrected chi connectivity index (χ3v) is 3.58. The average Bonchev–Trinajstić information content (AvgIpc) is 2.96. The van der Waals surface area contributed by atoms with Crippen molar-refractivity contribution in [3.05, 3.63) is 47.3 Å². The number of hydrogen-bond donors (Lipinski definition) is 0. The van der Waals surface area contributed by atoms with Crippen LogP contribution in [-0.4, -0.2) is 22.7 Å². The van der Waals surface area contributed by atoms with E-state index in [4.69, 9.17) is 4.74 Å². The zero-order chi connectivity index (χ0) is 15.2. The topological polar surface area (TPSA) is 44.1 Å². The van der Waals surface area contributed by atoms with E-state index in [1.807, 2.05) is 44.2 Å². The molecule has 0 radical (unpaired) electrons. The zero-order valence-electron chi connectivity index (χ0n) is 12.9. The van der Waals surface area contributed by atoms with Gasteiger partial charge in [-0.05, 0) is 43.5 Å². The first-order valence-electron chi connectivity index (χ1n) is 7.40. The van der Waals surface area contributed by atoms with Crippen molar-refractivity contribution in [2.45, 2.75) is 39.7 Å². The second kappa shape index (κ2) is 7.07. The van der Waals surface area contributed by atoms with Gasteiger partial charge >= 0.3 is 0 Å². The van der Waals surface area contributed by atoms with Crippen LogP contribution in [0.5, 0.6) is 5.75 Å². The maximum absolute atomic E-state index is 12.4. The molecule has 0 bridgehead atoms. The number of aryl methyl sites for hydroxylation is 3. The Morgan fingerprint density at radius 1 is 1.24 bits per heavy atom. The molecule has 112 valence electrons. The van der Waals surface area contributed by atoms with E-state index < -0.39 is 0 Å². The van der Waals surface area contributed by atoms with Crippen LogP contribution in [0.15, 0.2) is 30.3 Å². The number of benzene rings is 1. The summed E-state index contributed by atoms with van der Waals surface area (Å²) in [5, 5.41) is 4.43. The lowest BCUT2D eigenvalue weighted by molar-refractivity contribution is 0.0972. The Balaban J connectivity index is 2.02. The van der Waals surface area contributed by atoms with Gasteiger partial charge in [-0.3, -0.25) is 9.48 Å². The number of nitrogens with zero attached hydrogens (tertiary/aromatic N) is 2. The molecule has 1 heterocycles. The number of hydrogen-bond acceptors (Lipinski definition) is 3. The van der Waals surface area contributed by atoms with Gasteiger partial charge in [0.1, 0.15) is 11.4 Å². The number of ether oxygens (including phenoxy) is 1. The summed E-state index contributed by atoms with van der Waals surface area (Å²) in [5.74, 6) is 0.988. The number of methoxy groups -OCH3 is 1. The third kappa shape index (κ3) is 3.72. The molecule has 4 nitrogen and oxygen atoms in total. The Morgan fingerprint density at radius 3 is 2.52 bits per heavy atom. The van der Waals surface area contributed by atoms with Crippen LogP contribution in [0, 0.1) is 0 Å². The molecule has 0 aliphatic carbocycles. The summed E-state index contributed by atoms with van der Waals surface area (Å²) in [6, 6.07) is 9.76. The van der Waals surface area contributed by atoms with Crippen molar-refractivity contribution in [1.82, 2.24) is 9.78 Å². The lowest BCUT2D eigenvalue weighted by atomic mass is 10.1. The Bertz CT molecular complexity index is 600. The van der Waals surface area contributed by atoms with Gasteiger partial charge < -0.3 is 4.74 Å². The van der Waals surface area contributed by atoms with Crippen molar-refractivity contribution in [2.75, 3.05) is 7.11 Å². The van der Waals surface area contributed by atoms with E-state index in [0.717, 1.165) is 42.1 Å². The second-order valence-electron chi connectivity index (χ2n) is 4.96. The molecule has 0 aliphatic rings. The summed E-state index contributed by atoms with van der Waals surface area (Å²) < 4.78 is 6.93. The molecule has 0 N–H and O–H groups in total. The van der Waals surface area contributed by atoms with E-state index in [1.54, 1.807) is 11.8 Å². The van der Waals surface area contributed by atoms with Crippen LogP contribution in [0.2, 0.25) is 0 Å². The molecular formula is C17H22N2O2. The van der Waals surface area contributed by atoms with Gasteiger partial charge in [0.05, 0.1) is 12.8 Å². The summed E-state index contributed by atoms with van der Waals surface area (Å²) in [6.07, 6.45) is 2.09. The number of Topliss-reactive ketones (excluding diaryl/α,β-unsaturated/α-hetero) is 1. The SMILES string of the molecule is CCc1cc(C(=O)CCc2ccc(OC)cc2)n(CC)n1. The van der Waals surface area contributed by atoms with Crippen molar-refractivity contribution in [3.63, 3.8) is 0 Å². The highest BCUT2D eigenvalue weighted by molar-refractivity contribution is 5.94. The lowest BCUT2D eigenvalue weighted by Gasteiger charge is -2.05. The summed E-state index contributed by atoms with van der Waals surface area (Å²) >= 11 is 0. The Morgan fingerprint density at radius 2 is 1.95 bits per heavy atom. The molecule has 0 saturated carbocycles. The van der Waals surface area contributed by atoms with Crippen molar-refractivity contribution >= 4 is 5.78 Å². The number of rotatable bonds is 7. The molecule has 2 rings (SSSR count). The summed E-state index contributed by atoms with van der Waals surface area (Å²) in [7, 11) is 1.65. The molecule has 0 spiro atoms. The Kier molecular flexibility index (Phi) is 5.14. The van der Waals surface area contributed by atoms with Crippen LogP contribution < -0.4 is 4.74 Å². The van der Waals surface area contributed by atoms with Crippen molar-refractivity contribution < 1.29 is 9.53 Å². The first-order chi connectivity index (χ1) is 10.2. The summed E-state index contributed by atoms with van der Waals surface area (Å²) in [4.78, 5) is 12.4.